The Hall–Kier alpha value is -11.9. The van der Waals surface area contributed by atoms with Crippen molar-refractivity contribution in [1.82, 2.24) is 79.3 Å². The van der Waals surface area contributed by atoms with E-state index in [0.717, 1.165) is 0 Å². The number of nitrogens with two attached hydrogens (primary N) is 3. The molecule has 3 aliphatic heterocycles. The van der Waals surface area contributed by atoms with Crippen LogP contribution in [0.15, 0.2) is 65.7 Å². The number of nitrogens with zero attached hydrogens (tertiary/aromatic N) is 2. The normalized spacial score (nSPS) is 24.1. The largest absolute Gasteiger partial charge is 0.481 e. The van der Waals surface area contributed by atoms with Gasteiger partial charge in [0.15, 0.2) is 5.96 Å². The lowest BCUT2D eigenvalue weighted by molar-refractivity contribution is -0.143. The molecule has 2 aromatic rings. The van der Waals surface area contributed by atoms with Crippen LogP contribution < -0.4 is 91.6 Å². The molecule has 23 N–H and O–H groups in total. The Bertz CT molecular complexity index is 3770. The summed E-state index contributed by atoms with van der Waals surface area (Å²) in [5, 5.41) is 65.7. The van der Waals surface area contributed by atoms with Crippen molar-refractivity contribution < 1.29 is 102 Å². The maximum atomic E-state index is 15.1. The lowest BCUT2D eigenvalue weighted by atomic mass is 9.97. The number of amides is 16. The van der Waals surface area contributed by atoms with Crippen LogP contribution in [0.2, 0.25) is 0 Å². The molecule has 0 saturated carbocycles. The third-order valence-corrected chi connectivity index (χ3v) is 19.3. The van der Waals surface area contributed by atoms with Gasteiger partial charge in [0.25, 0.3) is 0 Å². The zero-order valence-electron chi connectivity index (χ0n) is 64.5. The number of benzene rings is 2. The molecule has 0 bridgehead atoms. The number of carboxylic acids is 2. The molecule has 14 atom stereocenters. The molecule has 0 spiro atoms. The number of nitrogens with one attached hydrogen (secondary N) is 14. The minimum atomic E-state index is -2.04. The van der Waals surface area contributed by atoms with Gasteiger partial charge in [0.2, 0.25) is 94.5 Å². The fraction of sp³-hybridized carbons (Fsp3) is 0.581. The van der Waals surface area contributed by atoms with Gasteiger partial charge in [-0.25, -0.2) is 0 Å². The molecule has 16 amide bonds. The molecule has 626 valence electrons. The number of hydrogen-bond donors (Lipinski definition) is 20. The van der Waals surface area contributed by atoms with Gasteiger partial charge in [-0.2, -0.15) is 0 Å². The fourth-order valence-corrected chi connectivity index (χ4v) is 12.8. The lowest BCUT2D eigenvalue weighted by Gasteiger charge is -2.30. The van der Waals surface area contributed by atoms with Crippen LogP contribution in [0.4, 0.5) is 0 Å². The summed E-state index contributed by atoms with van der Waals surface area (Å²) in [6.45, 7) is 6.03. The van der Waals surface area contributed by atoms with Crippen molar-refractivity contribution in [2.75, 3.05) is 32.8 Å². The quantitative estimate of drug-likeness (QED) is 0.0237. The number of rotatable bonds is 26. The second-order valence-electron chi connectivity index (χ2n) is 28.6. The first-order valence-corrected chi connectivity index (χ1v) is 38.0. The van der Waals surface area contributed by atoms with Gasteiger partial charge in [0.1, 0.15) is 78.5 Å². The lowest BCUT2D eigenvalue weighted by Crippen LogP contribution is -2.62. The summed E-state index contributed by atoms with van der Waals surface area (Å²) in [5.74, 6) is -20.9. The van der Waals surface area contributed by atoms with Crippen LogP contribution in [0, 0.1) is 11.8 Å². The first-order chi connectivity index (χ1) is 54.1. The Morgan fingerprint density at radius 1 is 0.553 bits per heavy atom. The van der Waals surface area contributed by atoms with Crippen molar-refractivity contribution in [2.24, 2.45) is 34.0 Å². The van der Waals surface area contributed by atoms with Crippen LogP contribution in [-0.4, -0.2) is 244 Å². The summed E-state index contributed by atoms with van der Waals surface area (Å²) in [6, 6.07) is -4.86. The second-order valence-corrected chi connectivity index (χ2v) is 28.6. The van der Waals surface area contributed by atoms with Gasteiger partial charge in [-0.15, -0.1) is 0 Å². The highest BCUT2D eigenvalue weighted by Crippen LogP contribution is 2.22. The average molecular weight is 1600 g/mol. The van der Waals surface area contributed by atoms with E-state index in [1.54, 1.807) is 88.4 Å². The number of aliphatic hydroxyl groups is 1. The number of primary amides is 1. The number of carbonyl (C=O) groups excluding carboxylic acids is 16. The van der Waals surface area contributed by atoms with Gasteiger partial charge in [0.05, 0.1) is 25.9 Å². The maximum absolute atomic E-state index is 15.1. The number of likely N-dealkylation sites (tertiary alicyclic amines) is 1. The van der Waals surface area contributed by atoms with Gasteiger partial charge in [-0.3, -0.25) is 91.3 Å². The highest BCUT2D eigenvalue weighted by Gasteiger charge is 2.42. The van der Waals surface area contributed by atoms with Gasteiger partial charge in [-0.05, 0) is 93.6 Å². The third-order valence-electron chi connectivity index (χ3n) is 19.3. The highest BCUT2D eigenvalue weighted by atomic mass is 16.4. The van der Waals surface area contributed by atoms with Gasteiger partial charge >= 0.3 is 11.9 Å². The van der Waals surface area contributed by atoms with Crippen LogP contribution >= 0.6 is 0 Å². The van der Waals surface area contributed by atoms with Crippen LogP contribution in [0.5, 0.6) is 0 Å². The van der Waals surface area contributed by atoms with Crippen molar-refractivity contribution in [3.05, 3.63) is 71.8 Å². The smallest absolute Gasteiger partial charge is 0.305 e. The van der Waals surface area contributed by atoms with E-state index in [2.05, 4.69) is 79.4 Å². The number of carboxylic acid groups (broad SMARTS) is 2. The zero-order valence-corrected chi connectivity index (χ0v) is 64.5. The number of aliphatic hydroxyl groups excluding tert-OH is 1. The molecule has 5 rings (SSSR count). The Labute approximate surface area is 658 Å². The molecule has 0 aromatic heterocycles. The van der Waals surface area contributed by atoms with Gasteiger partial charge in [0, 0.05) is 52.4 Å². The van der Waals surface area contributed by atoms with Crippen molar-refractivity contribution in [3.63, 3.8) is 0 Å². The van der Waals surface area contributed by atoms with Gasteiger partial charge in [-0.1, -0.05) is 94.8 Å². The predicted molar refractivity (Wildman–Crippen MR) is 406 cm³/mol. The number of hydrogen-bond acceptors (Lipinski definition) is 20. The first-order valence-electron chi connectivity index (χ1n) is 38.0. The number of guanidine groups is 1. The predicted octanol–water partition coefficient (Wildman–Crippen LogP) is -5.75. The Balaban J connectivity index is 1.55. The molecule has 0 unspecified atom stereocenters. The van der Waals surface area contributed by atoms with Crippen LogP contribution in [0.3, 0.4) is 0 Å². The number of aliphatic imine (C=N–C) groups is 1. The van der Waals surface area contributed by atoms with Crippen molar-refractivity contribution in [1.29, 1.82) is 0 Å². The van der Waals surface area contributed by atoms with E-state index < -0.39 is 242 Å². The minimum absolute atomic E-state index is 0.00836. The minimum Gasteiger partial charge on any atom is -0.481 e. The zero-order chi connectivity index (χ0) is 84.3. The van der Waals surface area contributed by atoms with Crippen LogP contribution in [0.1, 0.15) is 148 Å². The Morgan fingerprint density at radius 2 is 1.05 bits per heavy atom. The van der Waals surface area contributed by atoms with Crippen molar-refractivity contribution >= 4 is 112 Å². The summed E-state index contributed by atoms with van der Waals surface area (Å²) in [7, 11) is 0. The number of carbonyl (C=O) groups is 18. The molecule has 2 aromatic carbocycles. The molecule has 114 heavy (non-hydrogen) atoms. The summed E-state index contributed by atoms with van der Waals surface area (Å²) in [5.41, 5.74) is 17.7. The monoisotopic (exact) mass is 1600 g/mol. The second kappa shape index (κ2) is 46.8. The Morgan fingerprint density at radius 3 is 1.59 bits per heavy atom. The van der Waals surface area contributed by atoms with E-state index in [1.165, 1.54) is 11.8 Å². The summed E-state index contributed by atoms with van der Waals surface area (Å²) in [4.78, 5) is 257. The highest BCUT2D eigenvalue weighted by molar-refractivity contribution is 6.02. The summed E-state index contributed by atoms with van der Waals surface area (Å²) >= 11 is 0. The van der Waals surface area contributed by atoms with E-state index in [4.69, 9.17) is 17.2 Å². The molecule has 3 saturated heterocycles. The summed E-state index contributed by atoms with van der Waals surface area (Å²) in [6.07, 6.45) is -5.13. The molecule has 3 aliphatic rings. The molecule has 3 heterocycles. The van der Waals surface area contributed by atoms with Crippen molar-refractivity contribution in [2.45, 2.75) is 229 Å². The molecule has 0 radical (unpaired) electrons. The SMILES string of the molecule is CC[C@H](C)[C@@H]1NC(=O)[C@H](CO)NC(=O)[C@H](NC(=O)[C@@H]2CC(=O)NCCCC[C@H](NC(=O)[C@@H]3CCCN3C(=O)[C@H](Cc3ccccc3)NC(C)=O)C(=O)N[C@@H](CC(=O)O)C(=O)N[C@@H](CCC(=O)O)C(=O)N[C@@H](Cc3ccccc3)C(=O)N2)CCCCNC(=O)C[C@@H](C(=O)N[C@H](C(N)=O)C(C)C)NC(=O)[C@H](CCCN=C(N)N)NC1=O. The van der Waals surface area contributed by atoms with Crippen molar-refractivity contribution in [3.8, 4) is 0 Å². The van der Waals surface area contributed by atoms with Crippen LogP contribution in [0.25, 0.3) is 0 Å². The maximum Gasteiger partial charge on any atom is 0.305 e. The molecule has 0 aliphatic carbocycles. The van der Waals surface area contributed by atoms with E-state index in [0.29, 0.717) is 17.5 Å². The Kier molecular flexibility index (Phi) is 38.1. The topological polar surface area (TPSA) is 630 Å². The van der Waals surface area contributed by atoms with E-state index >= 15 is 4.79 Å². The number of aliphatic carboxylic acids is 2. The summed E-state index contributed by atoms with van der Waals surface area (Å²) < 4.78 is 0. The molecule has 40 heteroatoms. The average Bonchev–Trinajstić information content (AvgIpc) is 1.77. The molecule has 40 nitrogen and oxygen atoms in total. The molecular weight excluding hydrogens is 1490 g/mol. The van der Waals surface area contributed by atoms with E-state index in [1.807, 2.05) is 0 Å². The first kappa shape index (κ1) is 92.7. The molecule has 3 fully saturated rings. The third kappa shape index (κ3) is 31.0. The van der Waals surface area contributed by atoms with Gasteiger partial charge < -0.3 is 112 Å². The van der Waals surface area contributed by atoms with E-state index in [9.17, 15) is 96.8 Å². The fourth-order valence-electron chi connectivity index (χ4n) is 12.8. The van der Waals surface area contributed by atoms with Crippen LogP contribution in [-0.2, 0) is 99.1 Å². The molecular formula is C74H109N19O21. The van der Waals surface area contributed by atoms with E-state index in [-0.39, 0.29) is 103 Å². The standard InChI is InChI=1S/C74H109N19O21/c1-6-40(4)60-72(113)85-46(25-17-31-80-74(76)77)63(104)87-50(69(110)91-59(39(2)3)61(75)102)36-56(97)79-29-15-13-23-44(64(105)90-53(38-94)70(111)92-60)82-67(108)49-35-55(96)78-30-16-14-24-45(84-71(112)54-26-18-32-93(54)73(114)52(81-41(5)95)34-43-21-11-8-12-22-43)62(103)89-51(37-58(100)101)68(109)83-47(27-28-57(98)99)65(106)86-48(66(107)88-49)33-42-19-9-7-10-20-42/h7-12,19-22,39-40,44-54,59-60,94H,6,13-18,23-38H2,1-5H3,(H2,75,102)(H,78,96)(H,79,97)(H,81,95)(H,82,108)(H,83,109)(H,84,112)(H,85,113)(H,86,106)(H,87,104)(H,88,107)(H,89,103)(H,90,105)(H,91,110)(H,92,111)(H,98,99)(H,100,101)(H4,76,77,80)/t40-,44+,45-,46-,47-,48-,49-,50-,51-,52-,53-,54-,59-,60-/m0/s1.